The van der Waals surface area contributed by atoms with E-state index in [1.165, 1.54) is 40.6 Å². The zero-order valence-corrected chi connectivity index (χ0v) is 15.0. The average molecular weight is 360 g/mol. The van der Waals surface area contributed by atoms with E-state index >= 15 is 0 Å². The van der Waals surface area contributed by atoms with Crippen molar-refractivity contribution in [2.75, 3.05) is 35.0 Å². The quantitative estimate of drug-likeness (QED) is 0.529. The van der Waals surface area contributed by atoms with E-state index in [1.807, 2.05) is 0 Å². The Labute approximate surface area is 151 Å². The molecule has 0 aromatic heterocycles. The van der Waals surface area contributed by atoms with Gasteiger partial charge in [-0.3, -0.25) is 4.79 Å². The third kappa shape index (κ3) is 4.24. The van der Waals surface area contributed by atoms with Crippen LogP contribution >= 0.6 is 0 Å². The molecule has 0 fully saturated rings. The molecule has 0 heterocycles. The first-order valence-electron chi connectivity index (χ1n) is 7.68. The molecular weight excluding hydrogens is 340 g/mol. The van der Waals surface area contributed by atoms with Crippen LogP contribution in [0.4, 0.5) is 0 Å². The van der Waals surface area contributed by atoms with E-state index in [1.54, 1.807) is 24.3 Å². The van der Waals surface area contributed by atoms with E-state index in [9.17, 15) is 9.59 Å². The number of hydrogen-bond acceptors (Lipinski definition) is 7. The van der Waals surface area contributed by atoms with Crippen LogP contribution in [0.15, 0.2) is 36.4 Å². The lowest BCUT2D eigenvalue weighted by Gasteiger charge is -2.13. The number of rotatable bonds is 8. The molecule has 0 radical (unpaired) electrons. The molecule has 0 aliphatic rings. The van der Waals surface area contributed by atoms with E-state index < -0.39 is 12.6 Å². The minimum Gasteiger partial charge on any atom is -0.497 e. The van der Waals surface area contributed by atoms with E-state index in [-0.39, 0.29) is 17.1 Å². The molecule has 0 saturated heterocycles. The van der Waals surface area contributed by atoms with Crippen LogP contribution in [0.1, 0.15) is 20.7 Å². The van der Waals surface area contributed by atoms with Crippen molar-refractivity contribution in [3.63, 3.8) is 0 Å². The lowest BCUT2D eigenvalue weighted by molar-refractivity contribution is 0.0471. The maximum absolute atomic E-state index is 12.4. The first-order chi connectivity index (χ1) is 12.5. The normalized spacial score (nSPS) is 10.0. The van der Waals surface area contributed by atoms with Crippen LogP contribution in [0, 0.1) is 0 Å². The second-order valence-corrected chi connectivity index (χ2v) is 5.14. The lowest BCUT2D eigenvalue weighted by atomic mass is 10.1. The number of ketones is 1. The number of esters is 1. The third-order valence-electron chi connectivity index (χ3n) is 3.67. The molecule has 2 aromatic rings. The van der Waals surface area contributed by atoms with Gasteiger partial charge in [-0.05, 0) is 24.3 Å². The van der Waals surface area contributed by atoms with Crippen molar-refractivity contribution < 1.29 is 33.3 Å². The van der Waals surface area contributed by atoms with Gasteiger partial charge in [0.1, 0.15) is 17.1 Å². The highest BCUT2D eigenvalue weighted by Crippen LogP contribution is 2.34. The predicted octanol–water partition coefficient (Wildman–Crippen LogP) is 2.76. The molecule has 7 nitrogen and oxygen atoms in total. The predicted molar refractivity (Wildman–Crippen MR) is 93.7 cm³/mol. The minimum absolute atomic E-state index is 0.132. The van der Waals surface area contributed by atoms with Crippen molar-refractivity contribution in [2.24, 2.45) is 0 Å². The summed E-state index contributed by atoms with van der Waals surface area (Å²) in [5.74, 6) is 0.611. The molecule has 0 N–H and O–H groups in total. The number of carbonyl (C=O) groups excluding carboxylic acids is 2. The Bertz CT molecular complexity index is 781. The molecule has 0 atom stereocenters. The number of benzene rings is 2. The highest BCUT2D eigenvalue weighted by molar-refractivity contribution is 6.00. The number of Topliss-reactive ketones (excluding diaryl/α,β-unsaturated/α-hetero) is 1. The molecular formula is C19H20O7. The molecule has 0 aliphatic heterocycles. The minimum atomic E-state index is -0.704. The van der Waals surface area contributed by atoms with Crippen molar-refractivity contribution >= 4 is 11.8 Å². The Morgan fingerprint density at radius 2 is 1.35 bits per heavy atom. The average Bonchev–Trinajstić information content (AvgIpc) is 2.70. The summed E-state index contributed by atoms with van der Waals surface area (Å²) in [6.07, 6.45) is 0. The highest BCUT2D eigenvalue weighted by Gasteiger charge is 2.20. The van der Waals surface area contributed by atoms with E-state index in [2.05, 4.69) is 0 Å². The largest absolute Gasteiger partial charge is 0.497 e. The highest BCUT2D eigenvalue weighted by atomic mass is 16.5. The summed E-state index contributed by atoms with van der Waals surface area (Å²) in [5.41, 5.74) is 0.547. The Morgan fingerprint density at radius 1 is 0.769 bits per heavy atom. The Hall–Kier alpha value is -3.22. The number of carbonyl (C=O) groups is 2. The van der Waals surface area contributed by atoms with Gasteiger partial charge in [-0.2, -0.15) is 0 Å². The van der Waals surface area contributed by atoms with Crippen molar-refractivity contribution in [3.8, 4) is 23.0 Å². The third-order valence-corrected chi connectivity index (χ3v) is 3.67. The molecule has 138 valence electrons. The van der Waals surface area contributed by atoms with Gasteiger partial charge in [0.15, 0.2) is 23.9 Å². The van der Waals surface area contributed by atoms with Gasteiger partial charge in [0.25, 0.3) is 0 Å². The Morgan fingerprint density at radius 3 is 1.88 bits per heavy atom. The van der Waals surface area contributed by atoms with E-state index in [4.69, 9.17) is 23.7 Å². The van der Waals surface area contributed by atoms with E-state index in [0.29, 0.717) is 22.8 Å². The van der Waals surface area contributed by atoms with Gasteiger partial charge >= 0.3 is 5.97 Å². The fourth-order valence-electron chi connectivity index (χ4n) is 2.26. The summed E-state index contributed by atoms with van der Waals surface area (Å²) in [6, 6.07) is 9.48. The summed E-state index contributed by atoms with van der Waals surface area (Å²) in [5, 5.41) is 0. The summed E-state index contributed by atoms with van der Waals surface area (Å²) >= 11 is 0. The van der Waals surface area contributed by atoms with Crippen LogP contribution in [-0.2, 0) is 4.74 Å². The maximum Gasteiger partial charge on any atom is 0.342 e. The summed E-state index contributed by atoms with van der Waals surface area (Å²) in [7, 11) is 5.88. The van der Waals surface area contributed by atoms with Gasteiger partial charge in [0.2, 0.25) is 0 Å². The molecule has 2 rings (SSSR count). The zero-order chi connectivity index (χ0) is 19.1. The second kappa shape index (κ2) is 8.75. The van der Waals surface area contributed by atoms with Crippen LogP contribution in [0.2, 0.25) is 0 Å². The second-order valence-electron chi connectivity index (χ2n) is 5.14. The molecule has 0 unspecified atom stereocenters. The van der Waals surface area contributed by atoms with Gasteiger partial charge in [0, 0.05) is 17.7 Å². The SMILES string of the molecule is COc1ccc(C(=O)COC(=O)c2cc(OC)c(OC)cc2OC)cc1. The molecule has 26 heavy (non-hydrogen) atoms. The van der Waals surface area contributed by atoms with Crippen LogP contribution in [0.3, 0.4) is 0 Å². The monoisotopic (exact) mass is 360 g/mol. The van der Waals surface area contributed by atoms with Crippen LogP contribution < -0.4 is 18.9 Å². The summed E-state index contributed by atoms with van der Waals surface area (Å²) in [4.78, 5) is 24.5. The van der Waals surface area contributed by atoms with E-state index in [0.717, 1.165) is 0 Å². The van der Waals surface area contributed by atoms with Gasteiger partial charge in [-0.15, -0.1) is 0 Å². The molecule has 0 bridgehead atoms. The van der Waals surface area contributed by atoms with Crippen molar-refractivity contribution in [2.45, 2.75) is 0 Å². The number of methoxy groups -OCH3 is 4. The van der Waals surface area contributed by atoms with Crippen LogP contribution in [0.25, 0.3) is 0 Å². The Balaban J connectivity index is 2.12. The standard InChI is InChI=1S/C19H20O7/c1-22-13-7-5-12(6-8-13)15(20)11-26-19(21)14-9-17(24-3)18(25-4)10-16(14)23-2/h5-10H,11H2,1-4H3. The zero-order valence-electron chi connectivity index (χ0n) is 15.0. The fraction of sp³-hybridized carbons (Fsp3) is 0.263. The van der Waals surface area contributed by atoms with Gasteiger partial charge < -0.3 is 23.7 Å². The molecule has 0 amide bonds. The first-order valence-corrected chi connectivity index (χ1v) is 7.68. The topological polar surface area (TPSA) is 80.3 Å². The van der Waals surface area contributed by atoms with Crippen LogP contribution in [-0.4, -0.2) is 46.8 Å². The van der Waals surface area contributed by atoms with Gasteiger partial charge in [0.05, 0.1) is 28.4 Å². The molecule has 0 aliphatic carbocycles. The van der Waals surface area contributed by atoms with Crippen LogP contribution in [0.5, 0.6) is 23.0 Å². The molecule has 0 spiro atoms. The fourth-order valence-corrected chi connectivity index (χ4v) is 2.26. The molecule has 2 aromatic carbocycles. The lowest BCUT2D eigenvalue weighted by Crippen LogP contribution is -2.15. The number of hydrogen-bond donors (Lipinski definition) is 0. The van der Waals surface area contributed by atoms with Gasteiger partial charge in [-0.1, -0.05) is 0 Å². The van der Waals surface area contributed by atoms with Crippen molar-refractivity contribution in [1.82, 2.24) is 0 Å². The molecule has 7 heteroatoms. The van der Waals surface area contributed by atoms with Crippen molar-refractivity contribution in [1.29, 1.82) is 0 Å². The van der Waals surface area contributed by atoms with Crippen molar-refractivity contribution in [3.05, 3.63) is 47.5 Å². The van der Waals surface area contributed by atoms with Gasteiger partial charge in [-0.25, -0.2) is 4.79 Å². The first kappa shape index (κ1) is 19.1. The summed E-state index contributed by atoms with van der Waals surface area (Å²) < 4.78 is 25.7. The Kier molecular flexibility index (Phi) is 6.43. The smallest absolute Gasteiger partial charge is 0.342 e. The summed E-state index contributed by atoms with van der Waals surface area (Å²) in [6.45, 7) is -0.400. The number of ether oxygens (including phenoxy) is 5. The maximum atomic E-state index is 12.4. The molecule has 0 saturated carbocycles.